The summed E-state index contributed by atoms with van der Waals surface area (Å²) in [6, 6.07) is 39.1. The van der Waals surface area contributed by atoms with Gasteiger partial charge < -0.3 is 18.9 Å². The molecule has 6 rings (SSSR count). The average molecular weight is 689 g/mol. The molecule has 0 N–H and O–H groups in total. The zero-order chi connectivity index (χ0) is 33.9. The van der Waals surface area contributed by atoms with Gasteiger partial charge in [-0.25, -0.2) is 15.3 Å². The second-order valence-electron chi connectivity index (χ2n) is 11.1. The molecule has 0 amide bonds. The largest absolute Gasteiger partial charge is 2.00 e. The molecule has 0 saturated carbocycles. The third-order valence-corrected chi connectivity index (χ3v) is 7.36. The van der Waals surface area contributed by atoms with Gasteiger partial charge in [0, 0.05) is 23.6 Å². The van der Waals surface area contributed by atoms with E-state index in [0.717, 1.165) is 56.9 Å². The van der Waals surface area contributed by atoms with E-state index in [9.17, 15) is 9.90 Å². The van der Waals surface area contributed by atoms with E-state index < -0.39 is 7.12 Å². The van der Waals surface area contributed by atoms with E-state index in [1.807, 2.05) is 54.6 Å². The molecule has 3 heterocycles. The molecule has 11 heteroatoms. The van der Waals surface area contributed by atoms with Crippen LogP contribution >= 0.6 is 0 Å². The van der Waals surface area contributed by atoms with Crippen molar-refractivity contribution in [3.8, 4) is 39.8 Å². The Morgan fingerprint density at radius 3 is 1.15 bits per heavy atom. The molecule has 0 aliphatic rings. The van der Waals surface area contributed by atoms with E-state index in [1.165, 1.54) is 20.8 Å². The second kappa shape index (κ2) is 17.6. The predicted octanol–water partition coefficient (Wildman–Crippen LogP) is 6.23. The van der Waals surface area contributed by atoms with Crippen LogP contribution < -0.4 is 5.11 Å². The number of aryl methyl sites for hydroxylation is 3. The Kier molecular flexibility index (Phi) is 13.6. The fourth-order valence-electron chi connectivity index (χ4n) is 5.31. The van der Waals surface area contributed by atoms with E-state index in [4.69, 9.17) is 20.6 Å². The fourth-order valence-corrected chi connectivity index (χ4v) is 5.31. The minimum atomic E-state index is -1.55. The summed E-state index contributed by atoms with van der Waals surface area (Å²) in [7, 11) is -1.55. The van der Waals surface area contributed by atoms with E-state index in [-0.39, 0.29) is 31.0 Å². The topological polar surface area (TPSA) is 117 Å². The normalized spacial score (nSPS) is 10.6. The van der Waals surface area contributed by atoms with Crippen LogP contribution in [0.4, 0.5) is 0 Å². The number of benzene rings is 3. The van der Waals surface area contributed by atoms with Crippen LogP contribution in [-0.4, -0.2) is 42.0 Å². The Hall–Kier alpha value is -5.32. The molecule has 0 unspecified atom stereocenters. The van der Waals surface area contributed by atoms with Crippen LogP contribution in [0.2, 0.25) is 0 Å². The van der Waals surface area contributed by atoms with Crippen LogP contribution in [0, 0.1) is 32.1 Å². The van der Waals surface area contributed by atoms with Crippen molar-refractivity contribution in [2.75, 3.05) is 0 Å². The Balaban J connectivity index is 0.000000501. The number of ketones is 1. The Morgan fingerprint density at radius 1 is 0.667 bits per heavy atom. The summed E-state index contributed by atoms with van der Waals surface area (Å²) in [6.45, 7) is 10.4. The van der Waals surface area contributed by atoms with Crippen molar-refractivity contribution < 1.29 is 29.4 Å². The molecule has 0 atom stereocenters. The minimum Gasteiger partial charge on any atom is -0.876 e. The Morgan fingerprint density at radius 2 is 0.938 bits per heavy atom. The first-order valence-electron chi connectivity index (χ1n) is 15.3. The van der Waals surface area contributed by atoms with Crippen molar-refractivity contribution in [2.45, 2.75) is 41.5 Å². The van der Waals surface area contributed by atoms with Crippen LogP contribution in [0.3, 0.4) is 0 Å². The number of aromatic nitrogens is 6. The maximum Gasteiger partial charge on any atom is 2.00 e. The quantitative estimate of drug-likeness (QED) is 0.112. The summed E-state index contributed by atoms with van der Waals surface area (Å²) < 4.78 is 6.31. The molecule has 0 bridgehead atoms. The van der Waals surface area contributed by atoms with E-state index in [2.05, 4.69) is 89.1 Å². The first-order valence-corrected chi connectivity index (χ1v) is 15.3. The van der Waals surface area contributed by atoms with E-state index in [0.29, 0.717) is 0 Å². The van der Waals surface area contributed by atoms with Crippen molar-refractivity contribution >= 4 is 12.9 Å². The SMILES string of the molecule is CC#N.CC(=O)/C=C(/C)[O-].Cc1cc(-c2ccccc2)nn1[BH-](n1nc(-c2ccccc2)cc1C)n1nc(-c2ccccc2)cc1C.[Zn+2]. The van der Waals surface area contributed by atoms with Gasteiger partial charge in [0.05, 0.1) is 23.2 Å². The summed E-state index contributed by atoms with van der Waals surface area (Å²) in [5.41, 5.74) is 9.28. The standard InChI is InChI=1S/C30H28BN6.C5H8O2.C2H3N.Zn/c1-22-19-28(25-13-7-4-8-14-25)32-35(22)31(36-23(2)20-29(33-36)26-15-9-5-10-16-26)37-24(3)21-30(34-37)27-17-11-6-12-18-27;1-4(6)3-5(2)7;1-2-3;/h4-21,31H,1-3H3;3,6H,1-2H3;1H3;/q-1;;;+2/p-1/b;4-3-;;. The van der Waals surface area contributed by atoms with Crippen LogP contribution in [0.1, 0.15) is 37.9 Å². The van der Waals surface area contributed by atoms with Gasteiger partial charge in [-0.2, -0.15) is 5.26 Å². The zero-order valence-corrected chi connectivity index (χ0v) is 31.3. The Labute approximate surface area is 295 Å². The molecular formula is C37H38BN7O2Zn. The van der Waals surface area contributed by atoms with Gasteiger partial charge in [-0.15, -0.1) is 5.76 Å². The maximum atomic E-state index is 9.98. The van der Waals surface area contributed by atoms with Gasteiger partial charge in [-0.1, -0.05) is 97.9 Å². The fraction of sp³-hybridized carbons (Fsp3) is 0.162. The molecule has 0 fully saturated rings. The summed E-state index contributed by atoms with van der Waals surface area (Å²) >= 11 is 0. The van der Waals surface area contributed by atoms with Gasteiger partial charge >= 0.3 is 26.6 Å². The van der Waals surface area contributed by atoms with Crippen molar-refractivity contribution in [3.05, 3.63) is 138 Å². The molecule has 0 saturated heterocycles. The smallest absolute Gasteiger partial charge is 0.876 e. The summed E-state index contributed by atoms with van der Waals surface area (Å²) in [5.74, 6) is -0.375. The van der Waals surface area contributed by atoms with Crippen molar-refractivity contribution in [2.24, 2.45) is 0 Å². The number of carbonyl (C=O) groups is 1. The molecule has 0 spiro atoms. The Bertz CT molecular complexity index is 1790. The number of hydrogen-bond donors (Lipinski definition) is 0. The molecule has 48 heavy (non-hydrogen) atoms. The molecule has 0 aliphatic heterocycles. The van der Waals surface area contributed by atoms with Crippen molar-refractivity contribution in [1.29, 1.82) is 5.26 Å². The number of nitriles is 1. The van der Waals surface area contributed by atoms with Gasteiger partial charge in [0.15, 0.2) is 5.78 Å². The summed E-state index contributed by atoms with van der Waals surface area (Å²) in [4.78, 5) is 9.98. The first kappa shape index (κ1) is 37.1. The first-order chi connectivity index (χ1) is 22.6. The number of allylic oxidation sites excluding steroid dienone is 2. The monoisotopic (exact) mass is 687 g/mol. The summed E-state index contributed by atoms with van der Waals surface area (Å²) in [5, 5.41) is 32.6. The number of carbonyl (C=O) groups excluding carboxylic acids is 1. The zero-order valence-electron chi connectivity index (χ0n) is 28.3. The number of hydrogen-bond acceptors (Lipinski definition) is 6. The number of nitrogens with zero attached hydrogens (tertiary/aromatic N) is 7. The van der Waals surface area contributed by atoms with Crippen molar-refractivity contribution in [3.63, 3.8) is 0 Å². The predicted molar refractivity (Wildman–Crippen MR) is 186 cm³/mol. The van der Waals surface area contributed by atoms with Gasteiger partial charge in [-0.05, 0) is 69.1 Å². The molecular weight excluding hydrogens is 651 g/mol. The summed E-state index contributed by atoms with van der Waals surface area (Å²) in [6.07, 6.45) is 1.06. The molecule has 0 aliphatic carbocycles. The third-order valence-electron chi connectivity index (χ3n) is 7.36. The maximum absolute atomic E-state index is 9.98. The third kappa shape index (κ3) is 9.37. The van der Waals surface area contributed by atoms with Crippen LogP contribution in [0.25, 0.3) is 33.8 Å². The number of rotatable bonds is 7. The van der Waals surface area contributed by atoms with Gasteiger partial charge in [-0.3, -0.25) is 4.79 Å². The van der Waals surface area contributed by atoms with Crippen LogP contribution in [-0.2, 0) is 24.3 Å². The van der Waals surface area contributed by atoms with Gasteiger partial charge in [0.1, 0.15) is 0 Å². The van der Waals surface area contributed by atoms with E-state index >= 15 is 0 Å². The molecule has 238 valence electrons. The molecule has 3 aromatic carbocycles. The molecule has 9 nitrogen and oxygen atoms in total. The van der Waals surface area contributed by atoms with Crippen LogP contribution in [0.5, 0.6) is 0 Å². The molecule has 3 aromatic heterocycles. The average Bonchev–Trinajstić information content (AvgIpc) is 3.76. The second-order valence-corrected chi connectivity index (χ2v) is 11.1. The minimum absolute atomic E-state index is 0. The molecule has 0 radical (unpaired) electrons. The van der Waals surface area contributed by atoms with E-state index in [1.54, 1.807) is 6.07 Å². The van der Waals surface area contributed by atoms with Crippen LogP contribution in [0.15, 0.2) is 121 Å². The molecule has 6 aromatic rings. The van der Waals surface area contributed by atoms with Gasteiger partial charge in [0.25, 0.3) is 0 Å². The van der Waals surface area contributed by atoms with Gasteiger partial charge in [0.2, 0.25) is 0 Å². The van der Waals surface area contributed by atoms with Crippen molar-refractivity contribution in [1.82, 2.24) is 29.1 Å².